The van der Waals surface area contributed by atoms with E-state index in [1.807, 2.05) is 0 Å². The number of oxime groups is 1. The van der Waals surface area contributed by atoms with Crippen molar-refractivity contribution in [2.24, 2.45) is 5.16 Å². The van der Waals surface area contributed by atoms with E-state index in [2.05, 4.69) is 5.16 Å². The largest absolute Gasteiger partial charge is 0.489 e. The molecule has 156 valence electrons. The van der Waals surface area contributed by atoms with Crippen LogP contribution in [0.25, 0.3) is 0 Å². The molecule has 1 rings (SSSR count). The zero-order chi connectivity index (χ0) is 20.8. The maximum atomic E-state index is 6.17. The van der Waals surface area contributed by atoms with Crippen LogP contribution in [-0.2, 0) is 9.57 Å². The average Bonchev–Trinajstić information content (AvgIpc) is 2.61. The molecule has 0 saturated carbocycles. The van der Waals surface area contributed by atoms with Crippen LogP contribution in [0.4, 0.5) is 0 Å². The average molecular weight is 512 g/mol. The highest BCUT2D eigenvalue weighted by molar-refractivity contribution is 6.56. The predicted molar refractivity (Wildman–Crippen MR) is 117 cm³/mol. The fraction of sp³-hybridized carbons (Fsp3) is 0.353. The number of ether oxygens (including phenoxy) is 3. The van der Waals surface area contributed by atoms with Crippen molar-refractivity contribution in [1.29, 1.82) is 0 Å². The number of benzene rings is 1. The Bertz CT molecular complexity index is 665. The van der Waals surface area contributed by atoms with E-state index < -0.39 is 0 Å². The number of rotatable bonds is 13. The molecule has 1 aromatic rings. The first-order chi connectivity index (χ1) is 13.4. The molecule has 1 aromatic carbocycles. The summed E-state index contributed by atoms with van der Waals surface area (Å²) >= 11 is 34.2. The molecule has 0 amide bonds. The van der Waals surface area contributed by atoms with Crippen molar-refractivity contribution in [3.05, 3.63) is 43.3 Å². The van der Waals surface area contributed by atoms with E-state index in [-0.39, 0.29) is 28.8 Å². The summed E-state index contributed by atoms with van der Waals surface area (Å²) in [6.45, 7) is 1.47. The highest BCUT2D eigenvalue weighted by Gasteiger charge is 2.10. The maximum Gasteiger partial charge on any atom is 0.156 e. The minimum Gasteiger partial charge on any atom is -0.489 e. The zero-order valence-electron chi connectivity index (χ0n) is 14.5. The summed E-state index contributed by atoms with van der Waals surface area (Å²) in [6, 6.07) is 3.17. The van der Waals surface area contributed by atoms with Crippen LogP contribution < -0.4 is 9.47 Å². The van der Waals surface area contributed by atoms with Gasteiger partial charge in [-0.1, -0.05) is 74.8 Å². The third-order valence-electron chi connectivity index (χ3n) is 2.79. The molecule has 11 heteroatoms. The molecule has 0 heterocycles. The lowest BCUT2D eigenvalue weighted by atomic mass is 10.3. The van der Waals surface area contributed by atoms with E-state index in [0.29, 0.717) is 41.2 Å². The van der Waals surface area contributed by atoms with Crippen LogP contribution >= 0.6 is 69.6 Å². The standard InChI is InChI=1S/C17H17Cl6NO4/c18-13-10-12(26-6-2-15(20)21)11-14(19)17(13)27-9-8-25-5-1-4-24-28-7-3-16(22)23/h2-4,10-11H,1,5-9H2/b24-4+. The summed E-state index contributed by atoms with van der Waals surface area (Å²) in [5.74, 6) is 0.820. The third-order valence-corrected chi connectivity index (χ3v) is 3.96. The van der Waals surface area contributed by atoms with Gasteiger partial charge in [-0.2, -0.15) is 0 Å². The second-order valence-electron chi connectivity index (χ2n) is 4.85. The molecule has 0 saturated heterocycles. The topological polar surface area (TPSA) is 49.3 Å². The van der Waals surface area contributed by atoms with E-state index in [4.69, 9.17) is 88.7 Å². The Hall–Kier alpha value is -0.530. The Morgan fingerprint density at radius 3 is 2.14 bits per heavy atom. The molecule has 0 aliphatic heterocycles. The zero-order valence-corrected chi connectivity index (χ0v) is 19.0. The van der Waals surface area contributed by atoms with Gasteiger partial charge in [-0.25, -0.2) is 0 Å². The van der Waals surface area contributed by atoms with Gasteiger partial charge in [-0.15, -0.1) is 0 Å². The summed E-state index contributed by atoms with van der Waals surface area (Å²) in [4.78, 5) is 4.89. The molecule has 0 N–H and O–H groups in total. The van der Waals surface area contributed by atoms with Gasteiger partial charge in [0, 0.05) is 24.8 Å². The van der Waals surface area contributed by atoms with Gasteiger partial charge < -0.3 is 19.0 Å². The van der Waals surface area contributed by atoms with Gasteiger partial charge in [0.25, 0.3) is 0 Å². The Morgan fingerprint density at radius 2 is 1.50 bits per heavy atom. The molecule has 28 heavy (non-hydrogen) atoms. The Labute approximate surface area is 193 Å². The number of hydrogen-bond acceptors (Lipinski definition) is 5. The minimum absolute atomic E-state index is 0.115. The number of halogens is 6. The summed E-state index contributed by atoms with van der Waals surface area (Å²) < 4.78 is 16.6. The van der Waals surface area contributed by atoms with Gasteiger partial charge in [0.1, 0.15) is 34.6 Å². The van der Waals surface area contributed by atoms with Crippen molar-refractivity contribution in [2.75, 3.05) is 33.0 Å². The summed E-state index contributed by atoms with van der Waals surface area (Å²) in [5.41, 5.74) is 0. The first kappa shape index (κ1) is 25.5. The van der Waals surface area contributed by atoms with E-state index in [1.165, 1.54) is 12.2 Å². The lowest BCUT2D eigenvalue weighted by molar-refractivity contribution is 0.105. The smallest absolute Gasteiger partial charge is 0.156 e. The summed E-state index contributed by atoms with van der Waals surface area (Å²) in [6.07, 6.45) is 5.13. The van der Waals surface area contributed by atoms with E-state index in [0.717, 1.165) is 0 Å². The van der Waals surface area contributed by atoms with Gasteiger partial charge in [0.05, 0.1) is 23.3 Å². The second-order valence-corrected chi connectivity index (χ2v) is 7.68. The van der Waals surface area contributed by atoms with Crippen LogP contribution in [0.2, 0.25) is 10.0 Å². The van der Waals surface area contributed by atoms with E-state index >= 15 is 0 Å². The maximum absolute atomic E-state index is 6.17. The molecule has 0 aromatic heterocycles. The number of nitrogens with zero attached hydrogens (tertiary/aromatic N) is 1. The SMILES string of the molecule is ClC(Cl)=CCO/N=C/CCOCCOc1c(Cl)cc(OCC=C(Cl)Cl)cc1Cl. The first-order valence-corrected chi connectivity index (χ1v) is 10.2. The Morgan fingerprint density at radius 1 is 0.857 bits per heavy atom. The van der Waals surface area contributed by atoms with Gasteiger partial charge in [0.2, 0.25) is 0 Å². The molecule has 0 aliphatic rings. The molecule has 0 bridgehead atoms. The van der Waals surface area contributed by atoms with Crippen LogP contribution in [0.15, 0.2) is 38.4 Å². The third kappa shape index (κ3) is 12.1. The molecule has 0 spiro atoms. The van der Waals surface area contributed by atoms with E-state index in [9.17, 15) is 0 Å². The molecular formula is C17H17Cl6NO4. The van der Waals surface area contributed by atoms with Crippen molar-refractivity contribution >= 4 is 75.8 Å². The lowest BCUT2D eigenvalue weighted by Crippen LogP contribution is -2.08. The first-order valence-electron chi connectivity index (χ1n) is 7.88. The van der Waals surface area contributed by atoms with Crippen molar-refractivity contribution in [2.45, 2.75) is 6.42 Å². The van der Waals surface area contributed by atoms with Gasteiger partial charge in [-0.3, -0.25) is 0 Å². The highest BCUT2D eigenvalue weighted by atomic mass is 35.5. The van der Waals surface area contributed by atoms with Crippen LogP contribution in [0.3, 0.4) is 0 Å². The van der Waals surface area contributed by atoms with Crippen molar-refractivity contribution in [1.82, 2.24) is 0 Å². The fourth-order valence-electron chi connectivity index (χ4n) is 1.65. The fourth-order valence-corrected chi connectivity index (χ4v) is 2.48. The number of hydrogen-bond donors (Lipinski definition) is 0. The van der Waals surface area contributed by atoms with Crippen LogP contribution in [0, 0.1) is 0 Å². The molecule has 0 fully saturated rings. The van der Waals surface area contributed by atoms with Crippen LogP contribution in [0.1, 0.15) is 6.42 Å². The van der Waals surface area contributed by atoms with E-state index in [1.54, 1.807) is 18.3 Å². The minimum atomic E-state index is 0.115. The van der Waals surface area contributed by atoms with Gasteiger partial charge >= 0.3 is 0 Å². The molecule has 5 nitrogen and oxygen atoms in total. The summed E-state index contributed by atoms with van der Waals surface area (Å²) in [7, 11) is 0. The molecule has 0 aliphatic carbocycles. The molecule has 0 radical (unpaired) electrons. The quantitative estimate of drug-likeness (QED) is 0.166. The van der Waals surface area contributed by atoms with Crippen LogP contribution in [-0.4, -0.2) is 39.2 Å². The van der Waals surface area contributed by atoms with Gasteiger partial charge in [0.15, 0.2) is 5.75 Å². The lowest BCUT2D eigenvalue weighted by Gasteiger charge is -2.12. The summed E-state index contributed by atoms with van der Waals surface area (Å²) in [5, 5.41) is 4.34. The Balaban J connectivity index is 2.25. The van der Waals surface area contributed by atoms with Crippen molar-refractivity contribution in [3.63, 3.8) is 0 Å². The van der Waals surface area contributed by atoms with Crippen molar-refractivity contribution in [3.8, 4) is 11.5 Å². The Kier molecular flexibility index (Phi) is 14.0. The molecule has 0 atom stereocenters. The van der Waals surface area contributed by atoms with Crippen molar-refractivity contribution < 1.29 is 19.0 Å². The second kappa shape index (κ2) is 15.3. The molecular weight excluding hydrogens is 495 g/mol. The monoisotopic (exact) mass is 509 g/mol. The van der Waals surface area contributed by atoms with Crippen LogP contribution in [0.5, 0.6) is 11.5 Å². The molecule has 0 unspecified atom stereocenters. The predicted octanol–water partition coefficient (Wildman–Crippen LogP) is 6.80. The normalized spacial score (nSPS) is 10.6. The van der Waals surface area contributed by atoms with Gasteiger partial charge in [-0.05, 0) is 12.2 Å². The highest BCUT2D eigenvalue weighted by Crippen LogP contribution is 2.37.